The summed E-state index contributed by atoms with van der Waals surface area (Å²) in [5.74, 6) is -0.356. The molecule has 130 valence electrons. The number of sulfonamides is 1. The van der Waals surface area contributed by atoms with Gasteiger partial charge in [-0.15, -0.1) is 11.3 Å². The third-order valence-electron chi connectivity index (χ3n) is 2.97. The maximum atomic E-state index is 12.0. The first-order chi connectivity index (χ1) is 11.3. The SMILES string of the molecule is NS(=O)(=O)c1cc(C(=O)NCCc2ccc(OC(F)F)cc2)cs1. The molecule has 3 N–H and O–H groups in total. The van der Waals surface area contributed by atoms with Gasteiger partial charge in [0.15, 0.2) is 0 Å². The standard InChI is InChI=1S/C14H14F2N2O4S2/c15-14(16)22-11-3-1-9(2-4-11)5-6-18-13(19)10-7-12(23-8-10)24(17,20)21/h1-4,7-8,14H,5-6H2,(H,18,19)(H2,17,20,21). The van der Waals surface area contributed by atoms with Gasteiger partial charge in [-0.1, -0.05) is 12.1 Å². The Morgan fingerprint density at radius 1 is 1.29 bits per heavy atom. The average Bonchev–Trinajstić information content (AvgIpc) is 2.98. The van der Waals surface area contributed by atoms with E-state index in [1.807, 2.05) is 0 Å². The number of ether oxygens (including phenoxy) is 1. The molecule has 0 unspecified atom stereocenters. The van der Waals surface area contributed by atoms with E-state index in [4.69, 9.17) is 5.14 Å². The molecular formula is C14H14F2N2O4S2. The van der Waals surface area contributed by atoms with Gasteiger partial charge in [0.25, 0.3) is 5.91 Å². The molecule has 6 nitrogen and oxygen atoms in total. The molecule has 1 heterocycles. The molecule has 0 radical (unpaired) electrons. The Kier molecular flexibility index (Phi) is 5.86. The molecule has 24 heavy (non-hydrogen) atoms. The van der Waals surface area contributed by atoms with E-state index < -0.39 is 22.5 Å². The van der Waals surface area contributed by atoms with Crippen molar-refractivity contribution in [1.29, 1.82) is 0 Å². The van der Waals surface area contributed by atoms with Crippen molar-refractivity contribution < 1.29 is 26.7 Å². The molecule has 2 aromatic rings. The molecule has 1 amide bonds. The molecule has 1 aromatic heterocycles. The molecule has 2 rings (SSSR count). The maximum Gasteiger partial charge on any atom is 0.387 e. The van der Waals surface area contributed by atoms with Crippen LogP contribution >= 0.6 is 11.3 Å². The average molecular weight is 376 g/mol. The molecule has 1 aromatic carbocycles. The van der Waals surface area contributed by atoms with Crippen LogP contribution in [0.3, 0.4) is 0 Å². The predicted molar refractivity (Wildman–Crippen MR) is 84.8 cm³/mol. The fraction of sp³-hybridized carbons (Fsp3) is 0.214. The third-order valence-corrected chi connectivity index (χ3v) is 5.35. The zero-order valence-corrected chi connectivity index (χ0v) is 13.9. The van der Waals surface area contributed by atoms with Gasteiger partial charge in [-0.25, -0.2) is 13.6 Å². The highest BCUT2D eigenvalue weighted by atomic mass is 32.2. The van der Waals surface area contributed by atoms with Gasteiger partial charge in [-0.2, -0.15) is 8.78 Å². The van der Waals surface area contributed by atoms with Crippen molar-refractivity contribution in [2.45, 2.75) is 17.2 Å². The van der Waals surface area contributed by atoms with Crippen LogP contribution in [-0.4, -0.2) is 27.5 Å². The van der Waals surface area contributed by atoms with Gasteiger partial charge in [0.2, 0.25) is 10.0 Å². The molecule has 0 saturated heterocycles. The second-order valence-electron chi connectivity index (χ2n) is 4.73. The first kappa shape index (κ1) is 18.3. The van der Waals surface area contributed by atoms with Gasteiger partial charge >= 0.3 is 6.61 Å². The van der Waals surface area contributed by atoms with Crippen molar-refractivity contribution in [1.82, 2.24) is 5.32 Å². The fourth-order valence-corrected chi connectivity index (χ4v) is 3.43. The number of halogens is 2. The molecule has 0 saturated carbocycles. The van der Waals surface area contributed by atoms with Gasteiger partial charge < -0.3 is 10.1 Å². The number of carbonyl (C=O) groups excluding carboxylic acids is 1. The van der Waals surface area contributed by atoms with Gasteiger partial charge in [-0.3, -0.25) is 4.79 Å². The van der Waals surface area contributed by atoms with Crippen LogP contribution in [0.25, 0.3) is 0 Å². The Labute approximate surface area is 141 Å². The lowest BCUT2D eigenvalue weighted by Crippen LogP contribution is -2.25. The number of benzene rings is 1. The number of hydrogen-bond donors (Lipinski definition) is 2. The lowest BCUT2D eigenvalue weighted by atomic mass is 10.1. The Morgan fingerprint density at radius 3 is 2.50 bits per heavy atom. The summed E-state index contributed by atoms with van der Waals surface area (Å²) in [6, 6.07) is 7.29. The Bertz CT molecular complexity index is 804. The van der Waals surface area contributed by atoms with Gasteiger partial charge in [0.1, 0.15) is 9.96 Å². The highest BCUT2D eigenvalue weighted by Gasteiger charge is 2.14. The van der Waals surface area contributed by atoms with Crippen LogP contribution in [0.2, 0.25) is 0 Å². The van der Waals surface area contributed by atoms with Crippen molar-refractivity contribution in [2.75, 3.05) is 6.54 Å². The minimum absolute atomic E-state index is 0.0617. The Balaban J connectivity index is 1.85. The van der Waals surface area contributed by atoms with Crippen molar-refractivity contribution >= 4 is 27.3 Å². The second-order valence-corrected chi connectivity index (χ2v) is 7.43. The number of amides is 1. The van der Waals surface area contributed by atoms with Crippen molar-refractivity contribution in [3.8, 4) is 5.75 Å². The summed E-state index contributed by atoms with van der Waals surface area (Å²) < 4.78 is 50.5. The summed E-state index contributed by atoms with van der Waals surface area (Å²) in [6.45, 7) is -2.57. The zero-order chi connectivity index (χ0) is 17.7. The van der Waals surface area contributed by atoms with E-state index in [1.54, 1.807) is 12.1 Å². The van der Waals surface area contributed by atoms with E-state index >= 15 is 0 Å². The van der Waals surface area contributed by atoms with Gasteiger partial charge in [0.05, 0.1) is 5.56 Å². The fourth-order valence-electron chi connectivity index (χ4n) is 1.84. The summed E-state index contributed by atoms with van der Waals surface area (Å²) >= 11 is 0.872. The van der Waals surface area contributed by atoms with E-state index in [-0.39, 0.29) is 15.5 Å². The Morgan fingerprint density at radius 2 is 1.96 bits per heavy atom. The number of primary sulfonamides is 1. The van der Waals surface area contributed by atoms with Gasteiger partial charge in [0, 0.05) is 11.9 Å². The molecule has 0 spiro atoms. The number of hydrogen-bond acceptors (Lipinski definition) is 5. The first-order valence-corrected chi connectivity index (χ1v) is 9.11. The number of carbonyl (C=O) groups is 1. The normalized spacial score (nSPS) is 11.5. The van der Waals surface area contributed by atoms with Crippen LogP contribution in [-0.2, 0) is 16.4 Å². The number of thiophene rings is 1. The number of nitrogens with one attached hydrogen (secondary N) is 1. The number of nitrogens with two attached hydrogens (primary N) is 1. The quantitative estimate of drug-likeness (QED) is 0.772. The maximum absolute atomic E-state index is 12.0. The lowest BCUT2D eigenvalue weighted by molar-refractivity contribution is -0.0498. The van der Waals surface area contributed by atoms with Crippen LogP contribution in [0.4, 0.5) is 8.78 Å². The summed E-state index contributed by atoms with van der Waals surface area (Å²) in [7, 11) is -3.82. The summed E-state index contributed by atoms with van der Waals surface area (Å²) in [4.78, 5) is 11.9. The van der Waals surface area contributed by atoms with Crippen LogP contribution in [0.15, 0.2) is 39.9 Å². The minimum atomic E-state index is -3.82. The Hall–Kier alpha value is -2.04. The van der Waals surface area contributed by atoms with Crippen LogP contribution in [0.1, 0.15) is 15.9 Å². The highest BCUT2D eigenvalue weighted by molar-refractivity contribution is 7.91. The van der Waals surface area contributed by atoms with E-state index in [9.17, 15) is 22.0 Å². The molecule has 0 fully saturated rings. The second kappa shape index (κ2) is 7.69. The molecule has 0 aliphatic heterocycles. The van der Waals surface area contributed by atoms with Crippen LogP contribution in [0, 0.1) is 0 Å². The summed E-state index contributed by atoms with van der Waals surface area (Å²) in [6.07, 6.45) is 0.479. The predicted octanol–water partition coefficient (Wildman–Crippen LogP) is 1.97. The molecule has 0 aliphatic carbocycles. The van der Waals surface area contributed by atoms with Crippen molar-refractivity contribution in [2.24, 2.45) is 5.14 Å². The smallest absolute Gasteiger partial charge is 0.387 e. The minimum Gasteiger partial charge on any atom is -0.435 e. The van der Waals surface area contributed by atoms with E-state index in [2.05, 4.69) is 10.1 Å². The first-order valence-electron chi connectivity index (χ1n) is 6.69. The van der Waals surface area contributed by atoms with Gasteiger partial charge in [-0.05, 0) is 30.2 Å². The number of alkyl halides is 2. The summed E-state index contributed by atoms with van der Waals surface area (Å²) in [5.41, 5.74) is 1.04. The largest absolute Gasteiger partial charge is 0.435 e. The topological polar surface area (TPSA) is 98.5 Å². The highest BCUT2D eigenvalue weighted by Crippen LogP contribution is 2.19. The van der Waals surface area contributed by atoms with Crippen molar-refractivity contribution in [3.63, 3.8) is 0 Å². The molecule has 10 heteroatoms. The van der Waals surface area contributed by atoms with Crippen LogP contribution < -0.4 is 15.2 Å². The zero-order valence-electron chi connectivity index (χ0n) is 12.2. The van der Waals surface area contributed by atoms with Crippen LogP contribution in [0.5, 0.6) is 5.75 Å². The molecular weight excluding hydrogens is 362 g/mol. The lowest BCUT2D eigenvalue weighted by Gasteiger charge is -2.06. The molecule has 0 bridgehead atoms. The third kappa shape index (κ3) is 5.25. The van der Waals surface area contributed by atoms with Crippen molar-refractivity contribution in [3.05, 3.63) is 46.8 Å². The van der Waals surface area contributed by atoms with E-state index in [0.29, 0.717) is 13.0 Å². The molecule has 0 aliphatic rings. The summed E-state index contributed by atoms with van der Waals surface area (Å²) in [5, 5.41) is 9.03. The van der Waals surface area contributed by atoms with E-state index in [1.165, 1.54) is 23.6 Å². The molecule has 0 atom stereocenters. The number of rotatable bonds is 7. The van der Waals surface area contributed by atoms with E-state index in [0.717, 1.165) is 16.9 Å². The monoisotopic (exact) mass is 376 g/mol.